The Kier molecular flexibility index (Phi) is 3.78. The third kappa shape index (κ3) is 3.46. The molecular formula is C15H22N2O2. The van der Waals surface area contributed by atoms with Gasteiger partial charge in [-0.15, -0.1) is 0 Å². The Hall–Kier alpha value is -1.58. The first-order chi connectivity index (χ1) is 8.87. The van der Waals surface area contributed by atoms with Gasteiger partial charge in [0, 0.05) is 18.4 Å². The van der Waals surface area contributed by atoms with Crippen molar-refractivity contribution in [3.05, 3.63) is 29.6 Å². The first kappa shape index (κ1) is 13.8. The molecule has 1 unspecified atom stereocenters. The van der Waals surface area contributed by atoms with Gasteiger partial charge in [-0.05, 0) is 52.2 Å². The predicted molar refractivity (Wildman–Crippen MR) is 73.9 cm³/mol. The zero-order valence-corrected chi connectivity index (χ0v) is 12.1. The molecule has 2 heterocycles. The van der Waals surface area contributed by atoms with Crippen LogP contribution in [0, 0.1) is 6.92 Å². The van der Waals surface area contributed by atoms with Crippen molar-refractivity contribution < 1.29 is 9.53 Å². The van der Waals surface area contributed by atoms with E-state index in [2.05, 4.69) is 11.1 Å². The third-order valence-electron chi connectivity index (χ3n) is 3.20. The number of carbonyl (C=O) groups is 1. The number of amides is 1. The lowest BCUT2D eigenvalue weighted by Gasteiger charge is -2.28. The molecule has 1 saturated heterocycles. The summed E-state index contributed by atoms with van der Waals surface area (Å²) in [6, 6.07) is 4.14. The van der Waals surface area contributed by atoms with Gasteiger partial charge in [0.05, 0.1) is 6.04 Å². The molecule has 1 amide bonds. The van der Waals surface area contributed by atoms with Gasteiger partial charge in [-0.1, -0.05) is 6.07 Å². The number of nitrogens with zero attached hydrogens (tertiary/aromatic N) is 2. The molecule has 1 aromatic rings. The van der Waals surface area contributed by atoms with Crippen molar-refractivity contribution in [2.24, 2.45) is 0 Å². The Bertz CT molecular complexity index is 448. The lowest BCUT2D eigenvalue weighted by atomic mass is 10.1. The topological polar surface area (TPSA) is 42.4 Å². The van der Waals surface area contributed by atoms with Crippen LogP contribution in [0.4, 0.5) is 4.79 Å². The maximum Gasteiger partial charge on any atom is 0.410 e. The van der Waals surface area contributed by atoms with Crippen LogP contribution in [0.1, 0.15) is 50.9 Å². The summed E-state index contributed by atoms with van der Waals surface area (Å²) in [5.74, 6) is 0. The van der Waals surface area contributed by atoms with Crippen LogP contribution in [-0.2, 0) is 4.74 Å². The summed E-state index contributed by atoms with van der Waals surface area (Å²) in [6.45, 7) is 8.40. The van der Waals surface area contributed by atoms with Gasteiger partial charge >= 0.3 is 6.09 Å². The fourth-order valence-electron chi connectivity index (χ4n) is 2.33. The van der Waals surface area contributed by atoms with Gasteiger partial charge in [0.15, 0.2) is 0 Å². The molecule has 1 atom stereocenters. The second kappa shape index (κ2) is 5.19. The van der Waals surface area contributed by atoms with Crippen molar-refractivity contribution in [1.29, 1.82) is 0 Å². The van der Waals surface area contributed by atoms with Crippen molar-refractivity contribution in [2.75, 3.05) is 6.54 Å². The minimum Gasteiger partial charge on any atom is -0.444 e. The summed E-state index contributed by atoms with van der Waals surface area (Å²) >= 11 is 0. The number of ether oxygens (including phenoxy) is 1. The van der Waals surface area contributed by atoms with Gasteiger partial charge in [0.2, 0.25) is 0 Å². The lowest BCUT2D eigenvalue weighted by molar-refractivity contribution is 0.0224. The van der Waals surface area contributed by atoms with E-state index < -0.39 is 5.60 Å². The quantitative estimate of drug-likeness (QED) is 0.778. The minimum absolute atomic E-state index is 0.1000. The summed E-state index contributed by atoms with van der Waals surface area (Å²) in [5, 5.41) is 0. The van der Waals surface area contributed by atoms with E-state index in [1.54, 1.807) is 0 Å². The van der Waals surface area contributed by atoms with Gasteiger partial charge in [-0.2, -0.15) is 0 Å². The van der Waals surface area contributed by atoms with Gasteiger partial charge in [0.25, 0.3) is 0 Å². The fourth-order valence-corrected chi connectivity index (χ4v) is 2.33. The number of aryl methyl sites for hydroxylation is 1. The molecule has 1 fully saturated rings. The molecular weight excluding hydrogens is 240 g/mol. The van der Waals surface area contributed by atoms with Crippen molar-refractivity contribution in [3.8, 4) is 0 Å². The minimum atomic E-state index is -0.449. The van der Waals surface area contributed by atoms with E-state index in [4.69, 9.17) is 4.74 Å². The fraction of sp³-hybridized carbons (Fsp3) is 0.600. The van der Waals surface area contributed by atoms with Crippen molar-refractivity contribution >= 4 is 6.09 Å². The van der Waals surface area contributed by atoms with Crippen LogP contribution >= 0.6 is 0 Å². The maximum absolute atomic E-state index is 12.2. The van der Waals surface area contributed by atoms with Crippen molar-refractivity contribution in [2.45, 2.75) is 52.2 Å². The smallest absolute Gasteiger partial charge is 0.410 e. The van der Waals surface area contributed by atoms with Crippen LogP contribution in [0.2, 0.25) is 0 Å². The number of hydrogen-bond acceptors (Lipinski definition) is 3. The summed E-state index contributed by atoms with van der Waals surface area (Å²) in [5.41, 5.74) is 1.63. The standard InChI is InChI=1S/C15H22N2O2/c1-11-7-8-12(10-16-11)13-6-5-9-17(13)14(18)19-15(2,3)4/h7-8,10,13H,5-6,9H2,1-4H3. The van der Waals surface area contributed by atoms with Gasteiger partial charge in [0.1, 0.15) is 5.60 Å². The second-order valence-electron chi connectivity index (χ2n) is 6.06. The molecule has 19 heavy (non-hydrogen) atoms. The largest absolute Gasteiger partial charge is 0.444 e. The van der Waals surface area contributed by atoms with Crippen LogP contribution in [0.25, 0.3) is 0 Å². The first-order valence-electron chi connectivity index (χ1n) is 6.79. The normalized spacial score (nSPS) is 19.6. The highest BCUT2D eigenvalue weighted by molar-refractivity contribution is 5.69. The van der Waals surface area contributed by atoms with Crippen LogP contribution in [-0.4, -0.2) is 28.1 Å². The molecule has 4 heteroatoms. The molecule has 4 nitrogen and oxygen atoms in total. The molecule has 0 aliphatic carbocycles. The average molecular weight is 262 g/mol. The van der Waals surface area contributed by atoms with E-state index in [-0.39, 0.29) is 12.1 Å². The van der Waals surface area contributed by atoms with E-state index in [0.717, 1.165) is 30.6 Å². The van der Waals surface area contributed by atoms with E-state index in [1.807, 2.05) is 44.9 Å². The number of hydrogen-bond donors (Lipinski definition) is 0. The monoisotopic (exact) mass is 262 g/mol. The lowest BCUT2D eigenvalue weighted by Crippen LogP contribution is -2.36. The predicted octanol–water partition coefficient (Wildman–Crippen LogP) is 3.46. The summed E-state index contributed by atoms with van der Waals surface area (Å²) in [7, 11) is 0. The van der Waals surface area contributed by atoms with E-state index in [1.165, 1.54) is 0 Å². The van der Waals surface area contributed by atoms with Crippen LogP contribution in [0.5, 0.6) is 0 Å². The summed E-state index contributed by atoms with van der Waals surface area (Å²) < 4.78 is 5.46. The second-order valence-corrected chi connectivity index (χ2v) is 6.06. The molecule has 0 N–H and O–H groups in total. The SMILES string of the molecule is Cc1ccc(C2CCCN2C(=O)OC(C)(C)C)cn1. The molecule has 104 valence electrons. The number of aromatic nitrogens is 1. The van der Waals surface area contributed by atoms with Crippen molar-refractivity contribution in [3.63, 3.8) is 0 Å². The van der Waals surface area contributed by atoms with E-state index >= 15 is 0 Å². The van der Waals surface area contributed by atoms with Gasteiger partial charge in [-0.25, -0.2) is 4.79 Å². The Morgan fingerprint density at radius 3 is 2.74 bits per heavy atom. The summed E-state index contributed by atoms with van der Waals surface area (Å²) in [4.78, 5) is 18.3. The highest BCUT2D eigenvalue weighted by Crippen LogP contribution is 2.32. The number of carbonyl (C=O) groups excluding carboxylic acids is 1. The highest BCUT2D eigenvalue weighted by Gasteiger charge is 2.33. The molecule has 2 rings (SSSR count). The van der Waals surface area contributed by atoms with Crippen molar-refractivity contribution in [1.82, 2.24) is 9.88 Å². The number of pyridine rings is 1. The van der Waals surface area contributed by atoms with E-state index in [0.29, 0.717) is 0 Å². The summed E-state index contributed by atoms with van der Waals surface area (Å²) in [6.07, 6.45) is 3.63. The Labute approximate surface area is 114 Å². The molecule has 0 spiro atoms. The Balaban J connectivity index is 2.12. The molecule has 0 bridgehead atoms. The number of rotatable bonds is 1. The van der Waals surface area contributed by atoms with Crippen LogP contribution in [0.3, 0.4) is 0 Å². The molecule has 0 aromatic carbocycles. The van der Waals surface area contributed by atoms with Gasteiger partial charge in [-0.3, -0.25) is 4.98 Å². The molecule has 1 aliphatic rings. The average Bonchev–Trinajstić information content (AvgIpc) is 2.76. The molecule has 0 saturated carbocycles. The molecule has 1 aromatic heterocycles. The maximum atomic E-state index is 12.2. The zero-order valence-electron chi connectivity index (χ0n) is 12.1. The third-order valence-corrected chi connectivity index (χ3v) is 3.20. The highest BCUT2D eigenvalue weighted by atomic mass is 16.6. The Morgan fingerprint density at radius 1 is 1.42 bits per heavy atom. The van der Waals surface area contributed by atoms with E-state index in [9.17, 15) is 4.79 Å². The Morgan fingerprint density at radius 2 is 2.16 bits per heavy atom. The van der Waals surface area contributed by atoms with Gasteiger partial charge < -0.3 is 9.64 Å². The number of likely N-dealkylation sites (tertiary alicyclic amines) is 1. The van der Waals surface area contributed by atoms with Crippen LogP contribution < -0.4 is 0 Å². The molecule has 1 aliphatic heterocycles. The molecule has 0 radical (unpaired) electrons. The van der Waals surface area contributed by atoms with Crippen LogP contribution in [0.15, 0.2) is 18.3 Å². The zero-order chi connectivity index (χ0) is 14.0. The first-order valence-corrected chi connectivity index (χ1v) is 6.79.